The monoisotopic (exact) mass is 329 g/mol. The molecule has 0 saturated carbocycles. The number of benzene rings is 1. The van der Waals surface area contributed by atoms with E-state index < -0.39 is 16.0 Å². The van der Waals surface area contributed by atoms with Gasteiger partial charge in [-0.2, -0.15) is 0 Å². The quantitative estimate of drug-likeness (QED) is 0.517. The first-order valence-corrected chi connectivity index (χ1v) is 8.76. The number of rotatable bonds is 10. The van der Waals surface area contributed by atoms with E-state index in [9.17, 15) is 13.2 Å². The molecule has 0 fully saturated rings. The van der Waals surface area contributed by atoms with Gasteiger partial charge in [-0.05, 0) is 5.56 Å². The molecule has 1 atom stereocenters. The van der Waals surface area contributed by atoms with Crippen LogP contribution in [0.2, 0.25) is 0 Å². The molecule has 6 nitrogen and oxygen atoms in total. The van der Waals surface area contributed by atoms with Crippen LogP contribution in [0.15, 0.2) is 30.3 Å². The third kappa shape index (κ3) is 7.53. The first-order chi connectivity index (χ1) is 10.4. The van der Waals surface area contributed by atoms with Gasteiger partial charge in [-0.3, -0.25) is 4.79 Å². The van der Waals surface area contributed by atoms with Crippen molar-refractivity contribution in [2.24, 2.45) is 0 Å². The van der Waals surface area contributed by atoms with Crippen LogP contribution in [0.25, 0.3) is 0 Å². The van der Waals surface area contributed by atoms with E-state index in [2.05, 4.69) is 16.4 Å². The Kier molecular flexibility index (Phi) is 8.08. The van der Waals surface area contributed by atoms with Gasteiger partial charge >= 0.3 is 5.97 Å². The molecule has 1 aromatic carbocycles. The molecule has 1 rings (SSSR count). The summed E-state index contributed by atoms with van der Waals surface area (Å²) >= 11 is 0. The Hall–Kier alpha value is -1.44. The number of hydrogen-bond acceptors (Lipinski definition) is 5. The van der Waals surface area contributed by atoms with Crippen molar-refractivity contribution in [2.45, 2.75) is 19.3 Å². The number of esters is 1. The number of sulfonamides is 1. The Morgan fingerprint density at radius 1 is 1.27 bits per heavy atom. The van der Waals surface area contributed by atoms with Crippen LogP contribution in [0, 0.1) is 0 Å². The Labute approximate surface area is 131 Å². The van der Waals surface area contributed by atoms with Crippen LogP contribution in [0.5, 0.6) is 0 Å². The van der Waals surface area contributed by atoms with Gasteiger partial charge in [0.1, 0.15) is 0 Å². The molecule has 0 amide bonds. The van der Waals surface area contributed by atoms with E-state index in [-0.39, 0.29) is 31.2 Å². The molecule has 0 aromatic heterocycles. The fourth-order valence-electron chi connectivity index (χ4n) is 1.80. The third-order valence-corrected chi connectivity index (χ3v) is 4.49. The maximum Gasteiger partial charge on any atom is 0.306 e. The summed E-state index contributed by atoms with van der Waals surface area (Å²) in [5.74, 6) is -0.574. The molecule has 124 valence electrons. The van der Waals surface area contributed by atoms with Gasteiger partial charge in [0, 0.05) is 12.5 Å². The molecule has 0 spiro atoms. The molecule has 1 unspecified atom stereocenters. The third-order valence-electron chi connectivity index (χ3n) is 3.11. The average Bonchev–Trinajstić information content (AvgIpc) is 2.53. The van der Waals surface area contributed by atoms with Crippen LogP contribution in [0.1, 0.15) is 24.8 Å². The topological polar surface area (TPSA) is 81.7 Å². The summed E-state index contributed by atoms with van der Waals surface area (Å²) in [6.07, 6.45) is -0.155. The largest absolute Gasteiger partial charge is 0.469 e. The fraction of sp³-hybridized carbons (Fsp3) is 0.533. The zero-order chi connectivity index (χ0) is 16.4. The lowest BCUT2D eigenvalue weighted by Gasteiger charge is -2.12. The lowest BCUT2D eigenvalue weighted by Crippen LogP contribution is -2.30. The molecule has 0 heterocycles. The fourth-order valence-corrected chi connectivity index (χ4v) is 2.77. The lowest BCUT2D eigenvalue weighted by molar-refractivity contribution is -0.140. The highest BCUT2D eigenvalue weighted by Gasteiger charge is 2.13. The van der Waals surface area contributed by atoms with Crippen molar-refractivity contribution in [1.82, 2.24) is 4.72 Å². The van der Waals surface area contributed by atoms with Crippen LogP contribution in [0.4, 0.5) is 0 Å². The molecular formula is C15H23NO5S. The van der Waals surface area contributed by atoms with Crippen molar-refractivity contribution in [3.63, 3.8) is 0 Å². The minimum absolute atomic E-state index is 0.155. The molecule has 0 bridgehead atoms. The smallest absolute Gasteiger partial charge is 0.306 e. The Balaban J connectivity index is 2.18. The molecule has 0 aliphatic rings. The van der Waals surface area contributed by atoms with Crippen molar-refractivity contribution in [3.8, 4) is 0 Å². The number of carbonyl (C=O) groups excluding carboxylic acids is 1. The van der Waals surface area contributed by atoms with Crippen molar-refractivity contribution in [2.75, 3.05) is 32.6 Å². The molecule has 0 saturated heterocycles. The summed E-state index contributed by atoms with van der Waals surface area (Å²) in [5.41, 5.74) is 1.18. The first kappa shape index (κ1) is 18.6. The number of carbonyl (C=O) groups is 1. The lowest BCUT2D eigenvalue weighted by atomic mass is 10.0. The van der Waals surface area contributed by atoms with E-state index in [1.807, 2.05) is 30.3 Å². The van der Waals surface area contributed by atoms with E-state index in [0.29, 0.717) is 6.61 Å². The predicted octanol–water partition coefficient (Wildman–Crippen LogP) is 1.29. The molecule has 0 aliphatic carbocycles. The normalized spacial score (nSPS) is 12.8. The summed E-state index contributed by atoms with van der Waals surface area (Å²) < 4.78 is 35.5. The summed E-state index contributed by atoms with van der Waals surface area (Å²) in [4.78, 5) is 10.9. The van der Waals surface area contributed by atoms with Gasteiger partial charge in [-0.1, -0.05) is 37.3 Å². The van der Waals surface area contributed by atoms with Gasteiger partial charge < -0.3 is 9.47 Å². The van der Waals surface area contributed by atoms with E-state index >= 15 is 0 Å². The van der Waals surface area contributed by atoms with Gasteiger partial charge in [0.2, 0.25) is 10.0 Å². The summed E-state index contributed by atoms with van der Waals surface area (Å²) in [5, 5.41) is 0. The summed E-state index contributed by atoms with van der Waals surface area (Å²) in [7, 11) is -2.24. The highest BCUT2D eigenvalue weighted by atomic mass is 32.2. The van der Waals surface area contributed by atoms with Crippen LogP contribution in [-0.4, -0.2) is 47.0 Å². The molecular weight excluding hydrogens is 306 g/mol. The highest BCUT2D eigenvalue weighted by molar-refractivity contribution is 7.89. The highest BCUT2D eigenvalue weighted by Crippen LogP contribution is 2.14. The number of ether oxygens (including phenoxy) is 2. The Morgan fingerprint density at radius 2 is 1.95 bits per heavy atom. The zero-order valence-electron chi connectivity index (χ0n) is 12.9. The van der Waals surface area contributed by atoms with Crippen LogP contribution in [-0.2, 0) is 24.3 Å². The minimum atomic E-state index is -3.47. The molecule has 0 radical (unpaired) electrons. The van der Waals surface area contributed by atoms with E-state index in [1.54, 1.807) is 0 Å². The predicted molar refractivity (Wildman–Crippen MR) is 84.1 cm³/mol. The van der Waals surface area contributed by atoms with Crippen molar-refractivity contribution >= 4 is 16.0 Å². The maximum absolute atomic E-state index is 11.6. The van der Waals surface area contributed by atoms with Crippen molar-refractivity contribution in [1.29, 1.82) is 0 Å². The summed E-state index contributed by atoms with van der Waals surface area (Å²) in [6, 6.07) is 9.97. The second kappa shape index (κ2) is 9.55. The van der Waals surface area contributed by atoms with E-state index in [0.717, 1.165) is 0 Å². The SMILES string of the molecule is COC(=O)CCS(=O)(=O)NCCOCC(C)c1ccccc1. The van der Waals surface area contributed by atoms with E-state index in [1.165, 1.54) is 12.7 Å². The first-order valence-electron chi connectivity index (χ1n) is 7.11. The van der Waals surface area contributed by atoms with Gasteiger partial charge in [-0.25, -0.2) is 13.1 Å². The minimum Gasteiger partial charge on any atom is -0.469 e. The molecule has 1 aromatic rings. The van der Waals surface area contributed by atoms with E-state index in [4.69, 9.17) is 4.74 Å². The van der Waals surface area contributed by atoms with Gasteiger partial charge in [0.25, 0.3) is 0 Å². The van der Waals surface area contributed by atoms with Crippen LogP contribution < -0.4 is 4.72 Å². The Morgan fingerprint density at radius 3 is 2.59 bits per heavy atom. The van der Waals surface area contributed by atoms with Gasteiger partial charge in [0.15, 0.2) is 0 Å². The van der Waals surface area contributed by atoms with Crippen molar-refractivity contribution in [3.05, 3.63) is 35.9 Å². The zero-order valence-corrected chi connectivity index (χ0v) is 13.8. The standard InChI is InChI=1S/C15H23NO5S/c1-13(14-6-4-3-5-7-14)12-21-10-9-16-22(18,19)11-8-15(17)20-2/h3-7,13,16H,8-12H2,1-2H3. The second-order valence-corrected chi connectivity index (χ2v) is 6.85. The van der Waals surface area contributed by atoms with Crippen LogP contribution >= 0.6 is 0 Å². The van der Waals surface area contributed by atoms with Gasteiger partial charge in [-0.15, -0.1) is 0 Å². The number of methoxy groups -OCH3 is 1. The average molecular weight is 329 g/mol. The number of nitrogens with one attached hydrogen (secondary N) is 1. The van der Waals surface area contributed by atoms with Crippen molar-refractivity contribution < 1.29 is 22.7 Å². The van der Waals surface area contributed by atoms with Gasteiger partial charge in [0.05, 0.1) is 32.5 Å². The second-order valence-electron chi connectivity index (χ2n) is 4.93. The van der Waals surface area contributed by atoms with Crippen LogP contribution in [0.3, 0.4) is 0 Å². The molecule has 1 N–H and O–H groups in total. The maximum atomic E-state index is 11.6. The molecule has 22 heavy (non-hydrogen) atoms. The number of hydrogen-bond donors (Lipinski definition) is 1. The Bertz CT molecular complexity index is 544. The summed E-state index contributed by atoms with van der Waals surface area (Å²) in [6.45, 7) is 3.05. The molecule has 0 aliphatic heterocycles. The molecule has 7 heteroatoms.